The van der Waals surface area contributed by atoms with Crippen LogP contribution in [-0.2, 0) is 14.8 Å². The average Bonchev–Trinajstić information content (AvgIpc) is 2.82. The molecule has 3 aromatic carbocycles. The highest BCUT2D eigenvalue weighted by atomic mass is 32.2. The van der Waals surface area contributed by atoms with Gasteiger partial charge in [-0.25, -0.2) is 12.8 Å². The Morgan fingerprint density at radius 2 is 1.74 bits per heavy atom. The first kappa shape index (κ1) is 25.0. The van der Waals surface area contributed by atoms with Crippen LogP contribution in [0.5, 0.6) is 11.5 Å². The van der Waals surface area contributed by atoms with Crippen LogP contribution < -0.4 is 19.1 Å². The van der Waals surface area contributed by atoms with E-state index in [1.54, 1.807) is 42.5 Å². The van der Waals surface area contributed by atoms with E-state index in [0.717, 1.165) is 28.6 Å². The summed E-state index contributed by atoms with van der Waals surface area (Å²) in [7, 11) is -2.68. The number of methoxy groups -OCH3 is 1. The molecule has 8 nitrogen and oxygen atoms in total. The predicted molar refractivity (Wildman–Crippen MR) is 126 cm³/mol. The standard InChI is InChI=1S/C24H25FN2O6S/c1-17(28)26-19-8-10-22(11-9-19)33-16-21(29)15-27(20-4-3-5-23(14-20)32-2)34(30,31)24-12-6-18(25)7-13-24/h3-14,21,29H,15-16H2,1-2H3,(H,26,28). The Bertz CT molecular complexity index is 1220. The van der Waals surface area contributed by atoms with E-state index >= 15 is 0 Å². The number of benzene rings is 3. The quantitative estimate of drug-likeness (QED) is 0.453. The molecule has 1 atom stereocenters. The Morgan fingerprint density at radius 3 is 2.35 bits per heavy atom. The van der Waals surface area contributed by atoms with Gasteiger partial charge in [0.25, 0.3) is 10.0 Å². The summed E-state index contributed by atoms with van der Waals surface area (Å²) in [6.45, 7) is 0.880. The number of nitrogens with one attached hydrogen (secondary N) is 1. The van der Waals surface area contributed by atoms with Gasteiger partial charge >= 0.3 is 0 Å². The number of ether oxygens (including phenoxy) is 2. The summed E-state index contributed by atoms with van der Waals surface area (Å²) in [4.78, 5) is 11.0. The summed E-state index contributed by atoms with van der Waals surface area (Å²) in [5.41, 5.74) is 0.859. The summed E-state index contributed by atoms with van der Waals surface area (Å²) < 4.78 is 51.9. The third-order valence-corrected chi connectivity index (χ3v) is 6.54. The van der Waals surface area contributed by atoms with Gasteiger partial charge in [0.2, 0.25) is 5.91 Å². The van der Waals surface area contributed by atoms with Crippen LogP contribution in [0.4, 0.5) is 15.8 Å². The van der Waals surface area contributed by atoms with E-state index in [9.17, 15) is 22.7 Å². The molecule has 180 valence electrons. The van der Waals surface area contributed by atoms with E-state index in [1.165, 1.54) is 20.1 Å². The number of anilines is 2. The fourth-order valence-corrected chi connectivity index (χ4v) is 4.61. The normalized spacial score (nSPS) is 12.0. The predicted octanol–water partition coefficient (Wildman–Crippen LogP) is 3.43. The van der Waals surface area contributed by atoms with E-state index in [-0.39, 0.29) is 29.6 Å². The highest BCUT2D eigenvalue weighted by Gasteiger charge is 2.28. The molecule has 0 aliphatic carbocycles. The topological polar surface area (TPSA) is 105 Å². The monoisotopic (exact) mass is 488 g/mol. The second-order valence-corrected chi connectivity index (χ2v) is 9.22. The van der Waals surface area contributed by atoms with Crippen LogP contribution in [0.25, 0.3) is 0 Å². The van der Waals surface area contributed by atoms with Crippen molar-refractivity contribution in [2.45, 2.75) is 17.9 Å². The van der Waals surface area contributed by atoms with E-state index in [0.29, 0.717) is 17.2 Å². The van der Waals surface area contributed by atoms with Gasteiger partial charge in [-0.1, -0.05) is 6.07 Å². The molecule has 34 heavy (non-hydrogen) atoms. The maximum absolute atomic E-state index is 13.4. The van der Waals surface area contributed by atoms with Crippen LogP contribution in [0.1, 0.15) is 6.92 Å². The van der Waals surface area contributed by atoms with Gasteiger partial charge in [-0.3, -0.25) is 9.10 Å². The molecule has 0 aliphatic rings. The number of rotatable bonds is 10. The Kier molecular flexibility index (Phi) is 8.08. The molecule has 1 unspecified atom stereocenters. The van der Waals surface area contributed by atoms with Crippen molar-refractivity contribution >= 4 is 27.3 Å². The smallest absolute Gasteiger partial charge is 0.264 e. The number of carbonyl (C=O) groups excluding carboxylic acids is 1. The minimum absolute atomic E-state index is 0.126. The number of aliphatic hydroxyl groups is 1. The maximum Gasteiger partial charge on any atom is 0.264 e. The Balaban J connectivity index is 1.79. The van der Waals surface area contributed by atoms with Crippen molar-refractivity contribution in [2.75, 3.05) is 29.9 Å². The minimum atomic E-state index is -4.14. The van der Waals surface area contributed by atoms with Crippen LogP contribution in [-0.4, -0.2) is 45.8 Å². The molecule has 0 radical (unpaired) electrons. The summed E-state index contributed by atoms with van der Waals surface area (Å²) >= 11 is 0. The van der Waals surface area contributed by atoms with Gasteiger partial charge in [-0.2, -0.15) is 0 Å². The first-order valence-corrected chi connectivity index (χ1v) is 11.7. The number of amides is 1. The van der Waals surface area contributed by atoms with Gasteiger partial charge in [-0.15, -0.1) is 0 Å². The highest BCUT2D eigenvalue weighted by molar-refractivity contribution is 7.92. The Hall–Kier alpha value is -3.63. The lowest BCUT2D eigenvalue weighted by molar-refractivity contribution is -0.114. The fourth-order valence-electron chi connectivity index (χ4n) is 3.12. The third-order valence-electron chi connectivity index (χ3n) is 4.74. The largest absolute Gasteiger partial charge is 0.497 e. The molecular weight excluding hydrogens is 463 g/mol. The molecule has 10 heteroatoms. The molecule has 0 aliphatic heterocycles. The molecule has 3 rings (SSSR count). The van der Waals surface area contributed by atoms with Gasteiger partial charge in [0.15, 0.2) is 0 Å². The number of halogens is 1. The summed E-state index contributed by atoms with van der Waals surface area (Å²) in [5.74, 6) is 0.0956. The van der Waals surface area contributed by atoms with Crippen LogP contribution >= 0.6 is 0 Å². The maximum atomic E-state index is 13.4. The van der Waals surface area contributed by atoms with Gasteiger partial charge in [0.1, 0.15) is 30.0 Å². The lowest BCUT2D eigenvalue weighted by Gasteiger charge is -2.27. The van der Waals surface area contributed by atoms with Crippen molar-refractivity contribution < 1.29 is 32.2 Å². The molecule has 0 fully saturated rings. The number of hydrogen-bond acceptors (Lipinski definition) is 6. The van der Waals surface area contributed by atoms with Gasteiger partial charge in [0, 0.05) is 18.7 Å². The zero-order valence-electron chi connectivity index (χ0n) is 18.6. The zero-order chi connectivity index (χ0) is 24.7. The molecule has 2 N–H and O–H groups in total. The molecule has 0 saturated carbocycles. The number of hydrogen-bond donors (Lipinski definition) is 2. The third kappa shape index (κ3) is 6.46. The average molecular weight is 489 g/mol. The SMILES string of the molecule is COc1cccc(N(CC(O)COc2ccc(NC(C)=O)cc2)S(=O)(=O)c2ccc(F)cc2)c1. The molecular formula is C24H25FN2O6S. The van der Waals surface area contributed by atoms with Gasteiger partial charge < -0.3 is 19.9 Å². The molecule has 0 bridgehead atoms. The first-order chi connectivity index (χ1) is 16.2. The number of sulfonamides is 1. The summed E-state index contributed by atoms with van der Waals surface area (Å²) in [5, 5.41) is 13.3. The number of nitrogens with zero attached hydrogens (tertiary/aromatic N) is 1. The van der Waals surface area contributed by atoms with Crippen molar-refractivity contribution in [1.82, 2.24) is 0 Å². The first-order valence-electron chi connectivity index (χ1n) is 10.3. The zero-order valence-corrected chi connectivity index (χ0v) is 19.5. The number of aliphatic hydroxyl groups excluding tert-OH is 1. The van der Waals surface area contributed by atoms with Crippen molar-refractivity contribution in [3.63, 3.8) is 0 Å². The van der Waals surface area contributed by atoms with Crippen molar-refractivity contribution in [2.24, 2.45) is 0 Å². The molecule has 0 saturated heterocycles. The summed E-state index contributed by atoms with van der Waals surface area (Å²) in [6.07, 6.45) is -1.20. The molecule has 0 heterocycles. The molecule has 0 aromatic heterocycles. The van der Waals surface area contributed by atoms with Crippen molar-refractivity contribution in [1.29, 1.82) is 0 Å². The van der Waals surface area contributed by atoms with E-state index < -0.39 is 21.9 Å². The lowest BCUT2D eigenvalue weighted by atomic mass is 10.2. The van der Waals surface area contributed by atoms with E-state index in [2.05, 4.69) is 5.32 Å². The Morgan fingerprint density at radius 1 is 1.06 bits per heavy atom. The second-order valence-electron chi connectivity index (χ2n) is 7.36. The highest BCUT2D eigenvalue weighted by Crippen LogP contribution is 2.27. The summed E-state index contributed by atoms with van der Waals surface area (Å²) in [6, 6.07) is 17.3. The van der Waals surface area contributed by atoms with Crippen LogP contribution in [0.3, 0.4) is 0 Å². The molecule has 1 amide bonds. The van der Waals surface area contributed by atoms with E-state index in [1.807, 2.05) is 0 Å². The lowest BCUT2D eigenvalue weighted by Crippen LogP contribution is -2.40. The van der Waals surface area contributed by atoms with Crippen molar-refractivity contribution in [3.8, 4) is 11.5 Å². The number of carbonyl (C=O) groups is 1. The van der Waals surface area contributed by atoms with Gasteiger partial charge in [-0.05, 0) is 60.7 Å². The molecule has 3 aromatic rings. The van der Waals surface area contributed by atoms with E-state index in [4.69, 9.17) is 9.47 Å². The van der Waals surface area contributed by atoms with Crippen LogP contribution in [0, 0.1) is 5.82 Å². The van der Waals surface area contributed by atoms with Gasteiger partial charge in [0.05, 0.1) is 24.2 Å². The van der Waals surface area contributed by atoms with Crippen molar-refractivity contribution in [3.05, 3.63) is 78.6 Å². The molecule has 0 spiro atoms. The second kappa shape index (κ2) is 11.0. The minimum Gasteiger partial charge on any atom is -0.497 e. The Labute approximate surface area is 197 Å². The van der Waals surface area contributed by atoms with Crippen LogP contribution in [0.2, 0.25) is 0 Å². The van der Waals surface area contributed by atoms with Crippen LogP contribution in [0.15, 0.2) is 77.7 Å². The fraction of sp³-hybridized carbons (Fsp3) is 0.208.